The Balaban J connectivity index is 2.53. The zero-order valence-electron chi connectivity index (χ0n) is 11.5. The van der Waals surface area contributed by atoms with Crippen LogP contribution in [0.1, 0.15) is 18.9 Å². The third-order valence-corrected chi connectivity index (χ3v) is 3.01. The lowest BCUT2D eigenvalue weighted by Crippen LogP contribution is -1.96. The Hall–Kier alpha value is -2.17. The van der Waals surface area contributed by atoms with E-state index in [2.05, 4.69) is 17.1 Å². The Morgan fingerprint density at radius 2 is 1.89 bits per heavy atom. The number of aromatic nitrogens is 2. The molecule has 0 aliphatic rings. The molecule has 1 aromatic heterocycles. The van der Waals surface area contributed by atoms with Gasteiger partial charge < -0.3 is 15.2 Å². The summed E-state index contributed by atoms with van der Waals surface area (Å²) in [5.74, 6) is 2.09. The van der Waals surface area contributed by atoms with Gasteiger partial charge in [-0.2, -0.15) is 5.10 Å². The average Bonchev–Trinajstić information content (AvgIpc) is 2.85. The van der Waals surface area contributed by atoms with Crippen molar-refractivity contribution in [3.8, 4) is 22.8 Å². The lowest BCUT2D eigenvalue weighted by Gasteiger charge is -2.13. The maximum absolute atomic E-state index is 5.64. The van der Waals surface area contributed by atoms with Crippen LogP contribution in [-0.4, -0.2) is 24.4 Å². The van der Waals surface area contributed by atoms with E-state index in [0.717, 1.165) is 41.2 Å². The number of nitrogens with zero attached hydrogens (tertiary/aromatic N) is 1. The molecule has 3 N–H and O–H groups in total. The number of aryl methyl sites for hydroxylation is 1. The van der Waals surface area contributed by atoms with Crippen molar-refractivity contribution < 1.29 is 9.47 Å². The summed E-state index contributed by atoms with van der Waals surface area (Å²) in [5.41, 5.74) is 8.49. The number of hydrogen-bond donors (Lipinski definition) is 2. The quantitative estimate of drug-likeness (QED) is 0.867. The molecule has 2 rings (SSSR count). The SMILES string of the molecule is CCCc1cc(OC)c(-c2cc(N)n[nH]2)cc1OC. The number of H-pyrrole nitrogens is 1. The second-order valence-corrected chi connectivity index (χ2v) is 4.32. The summed E-state index contributed by atoms with van der Waals surface area (Å²) in [5, 5.41) is 6.83. The van der Waals surface area contributed by atoms with Crippen LogP contribution in [0, 0.1) is 0 Å². The smallest absolute Gasteiger partial charge is 0.145 e. The average molecular weight is 261 g/mol. The first-order chi connectivity index (χ1) is 9.19. The highest BCUT2D eigenvalue weighted by atomic mass is 16.5. The van der Waals surface area contributed by atoms with Gasteiger partial charge in [0.1, 0.15) is 17.3 Å². The number of rotatable bonds is 5. The van der Waals surface area contributed by atoms with Gasteiger partial charge in [-0.15, -0.1) is 0 Å². The second-order valence-electron chi connectivity index (χ2n) is 4.32. The van der Waals surface area contributed by atoms with Crippen molar-refractivity contribution in [2.75, 3.05) is 20.0 Å². The molecule has 0 unspecified atom stereocenters. The minimum Gasteiger partial charge on any atom is -0.496 e. The van der Waals surface area contributed by atoms with Gasteiger partial charge in [0.2, 0.25) is 0 Å². The number of methoxy groups -OCH3 is 2. The number of benzene rings is 1. The number of aromatic amines is 1. The first-order valence-electron chi connectivity index (χ1n) is 6.25. The van der Waals surface area contributed by atoms with Gasteiger partial charge in [-0.05, 0) is 24.1 Å². The monoisotopic (exact) mass is 261 g/mol. The van der Waals surface area contributed by atoms with Crippen LogP contribution in [0.4, 0.5) is 5.82 Å². The number of hydrogen-bond acceptors (Lipinski definition) is 4. The van der Waals surface area contributed by atoms with Crippen LogP contribution < -0.4 is 15.2 Å². The number of nitrogens with one attached hydrogen (secondary N) is 1. The van der Waals surface area contributed by atoms with Crippen LogP contribution in [0.2, 0.25) is 0 Å². The molecule has 2 aromatic rings. The van der Waals surface area contributed by atoms with E-state index in [1.54, 1.807) is 20.3 Å². The molecular weight excluding hydrogens is 242 g/mol. The third-order valence-electron chi connectivity index (χ3n) is 3.01. The lowest BCUT2D eigenvalue weighted by molar-refractivity contribution is 0.399. The van der Waals surface area contributed by atoms with E-state index in [-0.39, 0.29) is 0 Å². The normalized spacial score (nSPS) is 10.5. The van der Waals surface area contributed by atoms with Crippen molar-refractivity contribution in [1.29, 1.82) is 0 Å². The molecule has 1 heterocycles. The molecule has 0 aliphatic carbocycles. The Kier molecular flexibility index (Phi) is 3.94. The van der Waals surface area contributed by atoms with Gasteiger partial charge in [-0.1, -0.05) is 13.3 Å². The van der Waals surface area contributed by atoms with Crippen molar-refractivity contribution in [1.82, 2.24) is 10.2 Å². The van der Waals surface area contributed by atoms with Crippen LogP contribution in [-0.2, 0) is 6.42 Å². The van der Waals surface area contributed by atoms with Crippen LogP contribution in [0.15, 0.2) is 18.2 Å². The highest BCUT2D eigenvalue weighted by molar-refractivity contribution is 5.72. The molecule has 5 nitrogen and oxygen atoms in total. The summed E-state index contributed by atoms with van der Waals surface area (Å²) in [6.45, 7) is 2.13. The topological polar surface area (TPSA) is 73.2 Å². The standard InChI is InChI=1S/C14H19N3O2/c1-4-5-9-6-13(19-3)10(7-12(9)18-2)11-8-14(15)17-16-11/h6-8H,4-5H2,1-3H3,(H3,15,16,17). The minimum absolute atomic E-state index is 0.452. The molecule has 0 radical (unpaired) electrons. The summed E-state index contributed by atoms with van der Waals surface area (Å²) < 4.78 is 10.9. The largest absolute Gasteiger partial charge is 0.496 e. The van der Waals surface area contributed by atoms with E-state index in [1.165, 1.54) is 0 Å². The maximum Gasteiger partial charge on any atom is 0.145 e. The second kappa shape index (κ2) is 5.65. The molecular formula is C14H19N3O2. The van der Waals surface area contributed by atoms with E-state index >= 15 is 0 Å². The Morgan fingerprint density at radius 3 is 2.42 bits per heavy atom. The molecule has 0 amide bonds. The third kappa shape index (κ3) is 2.65. The zero-order chi connectivity index (χ0) is 13.8. The lowest BCUT2D eigenvalue weighted by atomic mass is 10.0. The number of ether oxygens (including phenoxy) is 2. The summed E-state index contributed by atoms with van der Waals surface area (Å²) >= 11 is 0. The zero-order valence-corrected chi connectivity index (χ0v) is 11.5. The highest BCUT2D eigenvalue weighted by Crippen LogP contribution is 2.36. The highest BCUT2D eigenvalue weighted by Gasteiger charge is 2.14. The molecule has 19 heavy (non-hydrogen) atoms. The van der Waals surface area contributed by atoms with E-state index in [1.807, 2.05) is 12.1 Å². The van der Waals surface area contributed by atoms with Crippen LogP contribution in [0.25, 0.3) is 11.3 Å². The number of nitrogen functional groups attached to an aromatic ring is 1. The van der Waals surface area contributed by atoms with Gasteiger partial charge in [0.05, 0.1) is 19.9 Å². The molecule has 5 heteroatoms. The van der Waals surface area contributed by atoms with Gasteiger partial charge >= 0.3 is 0 Å². The van der Waals surface area contributed by atoms with Crippen molar-refractivity contribution >= 4 is 5.82 Å². The molecule has 0 bridgehead atoms. The molecule has 0 atom stereocenters. The fourth-order valence-electron chi connectivity index (χ4n) is 2.11. The summed E-state index contributed by atoms with van der Waals surface area (Å²) in [6.07, 6.45) is 2.00. The van der Waals surface area contributed by atoms with E-state index < -0.39 is 0 Å². The van der Waals surface area contributed by atoms with E-state index in [9.17, 15) is 0 Å². The van der Waals surface area contributed by atoms with Gasteiger partial charge in [-0.3, -0.25) is 5.10 Å². The Labute approximate surface area is 112 Å². The van der Waals surface area contributed by atoms with E-state index in [4.69, 9.17) is 15.2 Å². The first kappa shape index (κ1) is 13.3. The molecule has 0 fully saturated rings. The van der Waals surface area contributed by atoms with Crippen LogP contribution >= 0.6 is 0 Å². The van der Waals surface area contributed by atoms with Gasteiger partial charge in [0.25, 0.3) is 0 Å². The number of anilines is 1. The fourth-order valence-corrected chi connectivity index (χ4v) is 2.11. The molecule has 0 spiro atoms. The van der Waals surface area contributed by atoms with E-state index in [0.29, 0.717) is 5.82 Å². The molecule has 0 saturated heterocycles. The maximum atomic E-state index is 5.64. The van der Waals surface area contributed by atoms with Crippen molar-refractivity contribution in [3.05, 3.63) is 23.8 Å². The van der Waals surface area contributed by atoms with Gasteiger partial charge in [-0.25, -0.2) is 0 Å². The summed E-state index contributed by atoms with van der Waals surface area (Å²) in [7, 11) is 3.33. The minimum atomic E-state index is 0.452. The Morgan fingerprint density at radius 1 is 1.16 bits per heavy atom. The molecule has 1 aromatic carbocycles. The van der Waals surface area contributed by atoms with Crippen molar-refractivity contribution in [3.63, 3.8) is 0 Å². The number of nitrogens with two attached hydrogens (primary N) is 1. The van der Waals surface area contributed by atoms with Gasteiger partial charge in [0.15, 0.2) is 0 Å². The predicted molar refractivity (Wildman–Crippen MR) is 75.5 cm³/mol. The summed E-state index contributed by atoms with van der Waals surface area (Å²) in [6, 6.07) is 5.74. The molecule has 0 saturated carbocycles. The van der Waals surface area contributed by atoms with Gasteiger partial charge in [0, 0.05) is 11.6 Å². The fraction of sp³-hybridized carbons (Fsp3) is 0.357. The van der Waals surface area contributed by atoms with Crippen molar-refractivity contribution in [2.24, 2.45) is 0 Å². The molecule has 102 valence electrons. The van der Waals surface area contributed by atoms with Crippen LogP contribution in [0.3, 0.4) is 0 Å². The Bertz CT molecular complexity index is 564. The summed E-state index contributed by atoms with van der Waals surface area (Å²) in [4.78, 5) is 0. The predicted octanol–water partition coefficient (Wildman–Crippen LogP) is 2.63. The van der Waals surface area contributed by atoms with Crippen LogP contribution in [0.5, 0.6) is 11.5 Å². The first-order valence-corrected chi connectivity index (χ1v) is 6.25. The molecule has 0 aliphatic heterocycles. The van der Waals surface area contributed by atoms with Crippen molar-refractivity contribution in [2.45, 2.75) is 19.8 Å².